The fourth-order valence-corrected chi connectivity index (χ4v) is 1.72. The minimum Gasteiger partial charge on any atom is -0.338 e. The van der Waals surface area contributed by atoms with Crippen molar-refractivity contribution in [3.05, 3.63) is 0 Å². The van der Waals surface area contributed by atoms with E-state index in [1.807, 2.05) is 18.7 Å². The van der Waals surface area contributed by atoms with E-state index < -0.39 is 6.03 Å². The molecule has 0 aliphatic carbocycles. The van der Waals surface area contributed by atoms with Gasteiger partial charge in [-0.15, -0.1) is 12.4 Å². The van der Waals surface area contributed by atoms with Crippen molar-refractivity contribution in [1.82, 2.24) is 15.5 Å². The summed E-state index contributed by atoms with van der Waals surface area (Å²) in [4.78, 5) is 24.8. The summed E-state index contributed by atoms with van der Waals surface area (Å²) in [6.07, 6.45) is 0.910. The second-order valence-corrected chi connectivity index (χ2v) is 4.94. The molecule has 1 heterocycles. The van der Waals surface area contributed by atoms with Crippen molar-refractivity contribution in [2.24, 2.45) is 11.7 Å². The van der Waals surface area contributed by atoms with Gasteiger partial charge in [-0.1, -0.05) is 13.8 Å². The van der Waals surface area contributed by atoms with Crippen molar-refractivity contribution in [1.29, 1.82) is 0 Å². The van der Waals surface area contributed by atoms with Crippen LogP contribution in [-0.2, 0) is 4.79 Å². The summed E-state index contributed by atoms with van der Waals surface area (Å²) in [5.41, 5.74) is 5.73. The number of carbonyl (C=O) groups is 2. The Kier molecular flexibility index (Phi) is 7.90. The molecule has 106 valence electrons. The lowest BCUT2D eigenvalue weighted by molar-refractivity contribution is -0.120. The van der Waals surface area contributed by atoms with Crippen molar-refractivity contribution in [3.63, 3.8) is 0 Å². The third kappa shape index (κ3) is 6.78. The first-order valence-electron chi connectivity index (χ1n) is 6.03. The van der Waals surface area contributed by atoms with Crippen molar-refractivity contribution in [2.45, 2.75) is 26.3 Å². The number of halogens is 1. The lowest BCUT2D eigenvalue weighted by Gasteiger charge is -2.14. The Morgan fingerprint density at radius 1 is 1.44 bits per heavy atom. The predicted octanol–water partition coefficient (Wildman–Crippen LogP) is -0.0770. The molecule has 0 radical (unpaired) electrons. The van der Waals surface area contributed by atoms with Gasteiger partial charge < -0.3 is 11.1 Å². The van der Waals surface area contributed by atoms with Crippen LogP contribution in [0.4, 0.5) is 4.79 Å². The van der Waals surface area contributed by atoms with Crippen LogP contribution in [0.5, 0.6) is 0 Å². The van der Waals surface area contributed by atoms with Crippen LogP contribution >= 0.6 is 12.4 Å². The standard InChI is InChI=1S/C11H22N4O2.ClH/c1-8(2)5-13-11(17)14-10(16)7-15-4-3-9(12)6-15;/h8-9H,3-7,12H2,1-2H3,(H2,13,14,16,17);1H/t9-;/m1./s1. The highest BCUT2D eigenvalue weighted by molar-refractivity contribution is 5.95. The van der Waals surface area contributed by atoms with Crippen LogP contribution < -0.4 is 16.4 Å². The Morgan fingerprint density at radius 3 is 2.61 bits per heavy atom. The van der Waals surface area contributed by atoms with Gasteiger partial charge >= 0.3 is 6.03 Å². The fraction of sp³-hybridized carbons (Fsp3) is 0.818. The lowest BCUT2D eigenvalue weighted by atomic mass is 10.2. The number of nitrogens with zero attached hydrogens (tertiary/aromatic N) is 1. The van der Waals surface area contributed by atoms with Gasteiger partial charge in [0.25, 0.3) is 0 Å². The average molecular weight is 279 g/mol. The zero-order valence-corrected chi connectivity index (χ0v) is 11.8. The average Bonchev–Trinajstić information content (AvgIpc) is 2.60. The first-order chi connectivity index (χ1) is 7.97. The summed E-state index contributed by atoms with van der Waals surface area (Å²) in [6.45, 7) is 6.33. The van der Waals surface area contributed by atoms with Crippen molar-refractivity contribution in [2.75, 3.05) is 26.2 Å². The number of nitrogens with two attached hydrogens (primary N) is 1. The zero-order chi connectivity index (χ0) is 12.8. The van der Waals surface area contributed by atoms with Crippen LogP contribution in [0.3, 0.4) is 0 Å². The van der Waals surface area contributed by atoms with E-state index in [1.165, 1.54) is 0 Å². The number of amides is 3. The van der Waals surface area contributed by atoms with E-state index in [0.29, 0.717) is 12.5 Å². The van der Waals surface area contributed by atoms with Gasteiger partial charge in [-0.2, -0.15) is 0 Å². The third-order valence-corrected chi connectivity index (χ3v) is 2.60. The van der Waals surface area contributed by atoms with Gasteiger partial charge in [0.2, 0.25) is 5.91 Å². The molecular formula is C11H23ClN4O2. The third-order valence-electron chi connectivity index (χ3n) is 2.60. The Labute approximate surface area is 114 Å². The lowest BCUT2D eigenvalue weighted by Crippen LogP contribution is -2.45. The van der Waals surface area contributed by atoms with Gasteiger partial charge in [-0.05, 0) is 12.3 Å². The number of nitrogens with one attached hydrogen (secondary N) is 2. The van der Waals surface area contributed by atoms with Gasteiger partial charge in [0.1, 0.15) is 0 Å². The molecule has 18 heavy (non-hydrogen) atoms. The molecule has 4 N–H and O–H groups in total. The Morgan fingerprint density at radius 2 is 2.11 bits per heavy atom. The molecule has 0 spiro atoms. The molecule has 0 aromatic heterocycles. The van der Waals surface area contributed by atoms with E-state index in [2.05, 4.69) is 10.6 Å². The molecule has 1 fully saturated rings. The van der Waals surface area contributed by atoms with E-state index >= 15 is 0 Å². The molecule has 7 heteroatoms. The molecule has 6 nitrogen and oxygen atoms in total. The van der Waals surface area contributed by atoms with Gasteiger partial charge in [-0.3, -0.25) is 15.0 Å². The molecular weight excluding hydrogens is 256 g/mol. The molecule has 0 bridgehead atoms. The first-order valence-corrected chi connectivity index (χ1v) is 6.03. The molecule has 1 rings (SSSR count). The van der Waals surface area contributed by atoms with Crippen LogP contribution in [0.2, 0.25) is 0 Å². The molecule has 0 aromatic carbocycles. The summed E-state index contributed by atoms with van der Waals surface area (Å²) in [7, 11) is 0. The highest BCUT2D eigenvalue weighted by Gasteiger charge is 2.21. The summed E-state index contributed by atoms with van der Waals surface area (Å²) < 4.78 is 0. The van der Waals surface area contributed by atoms with Gasteiger partial charge in [0, 0.05) is 25.7 Å². The Balaban J connectivity index is 0.00000289. The van der Waals surface area contributed by atoms with E-state index in [9.17, 15) is 9.59 Å². The summed E-state index contributed by atoms with van der Waals surface area (Å²) in [6, 6.07) is -0.273. The second kappa shape index (κ2) is 8.29. The molecule has 3 amide bonds. The second-order valence-electron chi connectivity index (χ2n) is 4.94. The number of imide groups is 1. The van der Waals surface area contributed by atoms with E-state index in [0.717, 1.165) is 19.5 Å². The number of urea groups is 1. The van der Waals surface area contributed by atoms with Crippen LogP contribution in [0.1, 0.15) is 20.3 Å². The molecule has 0 saturated carbocycles. The number of hydrogen-bond donors (Lipinski definition) is 3. The maximum absolute atomic E-state index is 11.5. The molecule has 1 aliphatic rings. The number of carbonyl (C=O) groups excluding carboxylic acids is 2. The molecule has 1 atom stereocenters. The summed E-state index contributed by atoms with van der Waals surface area (Å²) in [5, 5.41) is 4.94. The summed E-state index contributed by atoms with van der Waals surface area (Å²) in [5.74, 6) is 0.0905. The molecule has 1 saturated heterocycles. The Bertz CT molecular complexity index is 286. The van der Waals surface area contributed by atoms with Crippen LogP contribution in [0.15, 0.2) is 0 Å². The van der Waals surface area contributed by atoms with Crippen molar-refractivity contribution < 1.29 is 9.59 Å². The van der Waals surface area contributed by atoms with Gasteiger partial charge in [0.15, 0.2) is 0 Å². The first kappa shape index (κ1) is 17.2. The maximum atomic E-state index is 11.5. The fourth-order valence-electron chi connectivity index (χ4n) is 1.72. The highest BCUT2D eigenvalue weighted by atomic mass is 35.5. The van der Waals surface area contributed by atoms with E-state index in [1.54, 1.807) is 0 Å². The predicted molar refractivity (Wildman–Crippen MR) is 72.7 cm³/mol. The molecule has 0 unspecified atom stereocenters. The quantitative estimate of drug-likeness (QED) is 0.671. The van der Waals surface area contributed by atoms with Crippen molar-refractivity contribution >= 4 is 24.3 Å². The van der Waals surface area contributed by atoms with Gasteiger partial charge in [0.05, 0.1) is 6.54 Å². The van der Waals surface area contributed by atoms with Crippen LogP contribution in [0.25, 0.3) is 0 Å². The monoisotopic (exact) mass is 278 g/mol. The molecule has 1 aliphatic heterocycles. The minimum atomic E-state index is -0.424. The van der Waals surface area contributed by atoms with Crippen molar-refractivity contribution in [3.8, 4) is 0 Å². The highest BCUT2D eigenvalue weighted by Crippen LogP contribution is 2.05. The maximum Gasteiger partial charge on any atom is 0.321 e. The topological polar surface area (TPSA) is 87.5 Å². The van der Waals surface area contributed by atoms with E-state index in [4.69, 9.17) is 5.73 Å². The number of hydrogen-bond acceptors (Lipinski definition) is 4. The SMILES string of the molecule is CC(C)CNC(=O)NC(=O)CN1CC[C@@H](N)C1.Cl. The van der Waals surface area contributed by atoms with E-state index in [-0.39, 0.29) is 30.9 Å². The largest absolute Gasteiger partial charge is 0.338 e. The van der Waals surface area contributed by atoms with Crippen LogP contribution in [-0.4, -0.2) is 49.1 Å². The van der Waals surface area contributed by atoms with Crippen LogP contribution in [0, 0.1) is 5.92 Å². The summed E-state index contributed by atoms with van der Waals surface area (Å²) >= 11 is 0. The number of likely N-dealkylation sites (tertiary alicyclic amines) is 1. The Hall–Kier alpha value is -0.850. The molecule has 0 aromatic rings. The van der Waals surface area contributed by atoms with Gasteiger partial charge in [-0.25, -0.2) is 4.79 Å². The minimum absolute atomic E-state index is 0. The number of rotatable bonds is 4. The zero-order valence-electron chi connectivity index (χ0n) is 10.9. The smallest absolute Gasteiger partial charge is 0.321 e. The normalized spacial score (nSPS) is 19.4.